The number of carbonyl (C=O) groups is 1. The number of nitrogens with zero attached hydrogens (tertiary/aromatic N) is 1. The van der Waals surface area contributed by atoms with Gasteiger partial charge in [0, 0.05) is 17.3 Å². The number of para-hydroxylation sites is 1. The van der Waals surface area contributed by atoms with Gasteiger partial charge in [0.1, 0.15) is 10.9 Å². The molecule has 0 saturated carbocycles. The van der Waals surface area contributed by atoms with Crippen LogP contribution in [0.15, 0.2) is 59.6 Å². The van der Waals surface area contributed by atoms with Crippen LogP contribution in [0, 0.1) is 19.8 Å². The van der Waals surface area contributed by atoms with Gasteiger partial charge in [-0.2, -0.15) is 4.72 Å². The van der Waals surface area contributed by atoms with Crippen LogP contribution in [-0.4, -0.2) is 25.4 Å². The molecule has 0 saturated heterocycles. The van der Waals surface area contributed by atoms with E-state index in [0.29, 0.717) is 11.2 Å². The Morgan fingerprint density at radius 1 is 1.00 bits per heavy atom. The maximum Gasteiger partial charge on any atom is 0.243 e. The predicted octanol–water partition coefficient (Wildman–Crippen LogP) is 3.79. The third-order valence-electron chi connectivity index (χ3n) is 4.89. The van der Waals surface area contributed by atoms with Gasteiger partial charge in [0.15, 0.2) is 0 Å². The fourth-order valence-corrected chi connectivity index (χ4v) is 4.58. The van der Waals surface area contributed by atoms with E-state index >= 15 is 0 Å². The van der Waals surface area contributed by atoms with Crippen molar-refractivity contribution in [2.45, 2.75) is 38.6 Å². The van der Waals surface area contributed by atoms with Gasteiger partial charge in [0.05, 0.1) is 5.52 Å². The first-order valence-corrected chi connectivity index (χ1v) is 10.9. The van der Waals surface area contributed by atoms with Gasteiger partial charge in [-0.1, -0.05) is 38.1 Å². The maximum absolute atomic E-state index is 13.1. The Bertz CT molecular complexity index is 1150. The van der Waals surface area contributed by atoms with E-state index in [4.69, 9.17) is 0 Å². The Hall–Kier alpha value is -2.77. The van der Waals surface area contributed by atoms with E-state index in [0.717, 1.165) is 16.5 Å². The van der Waals surface area contributed by atoms with Gasteiger partial charge in [0.2, 0.25) is 15.9 Å². The Labute approximate surface area is 171 Å². The second-order valence-corrected chi connectivity index (χ2v) is 9.14. The van der Waals surface area contributed by atoms with E-state index in [1.165, 1.54) is 6.07 Å². The van der Waals surface area contributed by atoms with Crippen LogP contribution in [0.1, 0.15) is 25.0 Å². The van der Waals surface area contributed by atoms with Crippen molar-refractivity contribution in [3.05, 3.63) is 65.9 Å². The minimum atomic E-state index is -3.96. The maximum atomic E-state index is 13.1. The lowest BCUT2D eigenvalue weighted by Gasteiger charge is -2.22. The van der Waals surface area contributed by atoms with E-state index in [1.807, 2.05) is 26.0 Å². The number of fused-ring (bicyclic) bond motifs is 1. The number of sulfonamides is 1. The zero-order chi connectivity index (χ0) is 21.2. The minimum Gasteiger partial charge on any atom is -0.325 e. The highest BCUT2D eigenvalue weighted by Gasteiger charge is 2.29. The van der Waals surface area contributed by atoms with Crippen LogP contribution in [0.2, 0.25) is 0 Å². The number of anilines is 1. The molecule has 2 N–H and O–H groups in total. The number of aryl methyl sites for hydroxylation is 2. The van der Waals surface area contributed by atoms with Gasteiger partial charge in [-0.25, -0.2) is 8.42 Å². The molecule has 2 aromatic carbocycles. The fourth-order valence-electron chi connectivity index (χ4n) is 3.06. The zero-order valence-electron chi connectivity index (χ0n) is 16.9. The van der Waals surface area contributed by atoms with Gasteiger partial charge in [-0.05, 0) is 55.2 Å². The summed E-state index contributed by atoms with van der Waals surface area (Å²) in [5.41, 5.74) is 3.17. The molecule has 3 rings (SSSR count). The molecule has 1 atom stereocenters. The van der Waals surface area contributed by atoms with Crippen LogP contribution >= 0.6 is 0 Å². The van der Waals surface area contributed by atoms with Gasteiger partial charge in [0.25, 0.3) is 0 Å². The lowest BCUT2D eigenvalue weighted by atomic mass is 10.0. The predicted molar refractivity (Wildman–Crippen MR) is 115 cm³/mol. The molecule has 6 nitrogen and oxygen atoms in total. The number of hydrogen-bond donors (Lipinski definition) is 2. The van der Waals surface area contributed by atoms with Crippen LogP contribution < -0.4 is 10.0 Å². The first kappa shape index (κ1) is 21.0. The first-order chi connectivity index (χ1) is 13.7. The number of rotatable bonds is 6. The zero-order valence-corrected chi connectivity index (χ0v) is 17.7. The number of hydrogen-bond acceptors (Lipinski definition) is 4. The van der Waals surface area contributed by atoms with Crippen molar-refractivity contribution in [1.29, 1.82) is 0 Å². The van der Waals surface area contributed by atoms with Crippen molar-refractivity contribution in [2.24, 2.45) is 5.92 Å². The normalized spacial score (nSPS) is 12.9. The first-order valence-electron chi connectivity index (χ1n) is 9.43. The summed E-state index contributed by atoms with van der Waals surface area (Å²) in [7, 11) is -3.96. The van der Waals surface area contributed by atoms with E-state index in [9.17, 15) is 13.2 Å². The van der Waals surface area contributed by atoms with Crippen molar-refractivity contribution >= 4 is 32.5 Å². The molecule has 1 heterocycles. The monoisotopic (exact) mass is 411 g/mol. The van der Waals surface area contributed by atoms with Crippen molar-refractivity contribution < 1.29 is 13.2 Å². The lowest BCUT2D eigenvalue weighted by molar-refractivity contribution is -0.118. The number of carbonyl (C=O) groups excluding carboxylic acids is 1. The van der Waals surface area contributed by atoms with Crippen LogP contribution in [0.4, 0.5) is 5.69 Å². The standard InChI is InChI=1S/C22H25N3O3S/c1-14(2)20(22(26)24-18-11-10-15(3)16(4)13-18)25-29(27,28)19-9-5-7-17-8-6-12-23-21(17)19/h5-14,20,25H,1-4H3,(H,24,26)/t20-/m0/s1. The summed E-state index contributed by atoms with van der Waals surface area (Å²) in [6.07, 6.45) is 1.55. The highest BCUT2D eigenvalue weighted by atomic mass is 32.2. The highest BCUT2D eigenvalue weighted by Crippen LogP contribution is 2.22. The van der Waals surface area contributed by atoms with Crippen LogP contribution in [0.5, 0.6) is 0 Å². The second kappa shape index (κ2) is 8.31. The molecule has 0 spiro atoms. The fraction of sp³-hybridized carbons (Fsp3) is 0.273. The third kappa shape index (κ3) is 4.63. The van der Waals surface area contributed by atoms with Crippen LogP contribution in [-0.2, 0) is 14.8 Å². The molecular formula is C22H25N3O3S. The summed E-state index contributed by atoms with van der Waals surface area (Å²) in [5, 5.41) is 3.54. The van der Waals surface area contributed by atoms with Crippen molar-refractivity contribution in [3.63, 3.8) is 0 Å². The van der Waals surface area contributed by atoms with Crippen molar-refractivity contribution in [2.75, 3.05) is 5.32 Å². The largest absolute Gasteiger partial charge is 0.325 e. The molecule has 1 aromatic heterocycles. The molecule has 3 aromatic rings. The van der Waals surface area contributed by atoms with E-state index in [1.54, 1.807) is 50.4 Å². The molecule has 29 heavy (non-hydrogen) atoms. The van der Waals surface area contributed by atoms with E-state index in [2.05, 4.69) is 15.0 Å². The molecule has 7 heteroatoms. The SMILES string of the molecule is Cc1ccc(NC(=O)[C@@H](NS(=O)(=O)c2cccc3cccnc23)C(C)C)cc1C. The van der Waals surface area contributed by atoms with E-state index < -0.39 is 22.0 Å². The second-order valence-electron chi connectivity index (χ2n) is 7.46. The summed E-state index contributed by atoms with van der Waals surface area (Å²) < 4.78 is 28.7. The molecule has 0 fully saturated rings. The number of pyridine rings is 1. The quantitative estimate of drug-likeness (QED) is 0.646. The van der Waals surface area contributed by atoms with Crippen LogP contribution in [0.3, 0.4) is 0 Å². The molecule has 1 amide bonds. The number of aromatic nitrogens is 1. The topological polar surface area (TPSA) is 88.2 Å². The number of amides is 1. The van der Waals surface area contributed by atoms with Gasteiger partial charge in [-0.3, -0.25) is 9.78 Å². The Kier molecular flexibility index (Phi) is 6.00. The Balaban J connectivity index is 1.89. The van der Waals surface area contributed by atoms with Gasteiger partial charge >= 0.3 is 0 Å². The summed E-state index contributed by atoms with van der Waals surface area (Å²) >= 11 is 0. The highest BCUT2D eigenvalue weighted by molar-refractivity contribution is 7.89. The van der Waals surface area contributed by atoms with Crippen molar-refractivity contribution in [1.82, 2.24) is 9.71 Å². The summed E-state index contributed by atoms with van der Waals surface area (Å²) in [5.74, 6) is -0.653. The molecule has 0 aliphatic heterocycles. The average Bonchev–Trinajstić information content (AvgIpc) is 2.68. The summed E-state index contributed by atoms with van der Waals surface area (Å²) in [6.45, 7) is 7.55. The average molecular weight is 412 g/mol. The smallest absolute Gasteiger partial charge is 0.243 e. The molecule has 0 bridgehead atoms. The van der Waals surface area contributed by atoms with E-state index in [-0.39, 0.29) is 10.8 Å². The Morgan fingerprint density at radius 2 is 1.72 bits per heavy atom. The minimum absolute atomic E-state index is 0.0558. The van der Waals surface area contributed by atoms with Gasteiger partial charge < -0.3 is 5.32 Å². The third-order valence-corrected chi connectivity index (χ3v) is 6.36. The molecule has 0 aliphatic carbocycles. The molecule has 152 valence electrons. The van der Waals surface area contributed by atoms with Gasteiger partial charge in [-0.15, -0.1) is 0 Å². The molecule has 0 radical (unpaired) electrons. The van der Waals surface area contributed by atoms with Crippen molar-refractivity contribution in [3.8, 4) is 0 Å². The molecular weight excluding hydrogens is 386 g/mol. The Morgan fingerprint density at radius 3 is 2.41 bits per heavy atom. The molecule has 0 aliphatic rings. The van der Waals surface area contributed by atoms with Crippen LogP contribution in [0.25, 0.3) is 10.9 Å². The molecule has 0 unspecified atom stereocenters. The number of nitrogens with one attached hydrogen (secondary N) is 2. The summed E-state index contributed by atoms with van der Waals surface area (Å²) in [6, 6.07) is 13.2. The summed E-state index contributed by atoms with van der Waals surface area (Å²) in [4.78, 5) is 17.1. The lowest BCUT2D eigenvalue weighted by Crippen LogP contribution is -2.47. The number of benzene rings is 2.